The number of rotatable bonds is 19. The van der Waals surface area contributed by atoms with E-state index in [1.807, 2.05) is 30.3 Å². The Hall–Kier alpha value is -8.06. The number of amides is 6. The highest BCUT2D eigenvalue weighted by atomic mass is 32.2. The lowest BCUT2D eigenvalue weighted by atomic mass is 10.1. The zero-order chi connectivity index (χ0) is 62.0. The highest BCUT2D eigenvalue weighted by Gasteiger charge is 2.42. The Morgan fingerprint density at radius 1 is 0.446 bits per heavy atom. The van der Waals surface area contributed by atoms with Gasteiger partial charge in [-0.25, -0.2) is 46.5 Å². The van der Waals surface area contributed by atoms with Gasteiger partial charge in [0.25, 0.3) is 29.5 Å². The van der Waals surface area contributed by atoms with Crippen molar-refractivity contribution in [2.75, 3.05) is 27.9 Å². The van der Waals surface area contributed by atoms with Gasteiger partial charge in [0.2, 0.25) is 0 Å². The van der Waals surface area contributed by atoms with E-state index in [-0.39, 0.29) is 26.5 Å². The van der Waals surface area contributed by atoms with Gasteiger partial charge >= 0.3 is 6.09 Å². The summed E-state index contributed by atoms with van der Waals surface area (Å²) in [6.45, 7) is 8.40. The van der Waals surface area contributed by atoms with E-state index in [0.717, 1.165) is 16.7 Å². The van der Waals surface area contributed by atoms with E-state index in [0.29, 0.717) is 22.5 Å². The lowest BCUT2D eigenvalue weighted by molar-refractivity contribution is -0.135. The number of nitrogens with one attached hydrogen (secondary N) is 6. The topological polar surface area (TPSA) is 399 Å². The largest absolute Gasteiger partial charge is 0.444 e. The van der Waals surface area contributed by atoms with Gasteiger partial charge in [0.1, 0.15) is 22.2 Å². The molecule has 6 aromatic rings. The molecule has 24 nitrogen and oxygen atoms in total. The van der Waals surface area contributed by atoms with E-state index >= 15 is 0 Å². The van der Waals surface area contributed by atoms with Gasteiger partial charge in [0.15, 0.2) is 29.5 Å². The zero-order valence-electron chi connectivity index (χ0n) is 45.6. The van der Waals surface area contributed by atoms with Gasteiger partial charge < -0.3 is 32.2 Å². The van der Waals surface area contributed by atoms with Crippen LogP contribution in [0.2, 0.25) is 0 Å². The van der Waals surface area contributed by atoms with Gasteiger partial charge in [-0.1, -0.05) is 66.4 Å². The SMILES string of the molecule is CC(C)(C)OC(=O)NC(C)(CS(=O)(=O)c1ccc(NC(=O)c2ccccc2)cc1)C(=O)NO.CC(N)(CS(=O)(=O)c1ccc(NC(=O)c2ccccc2)cc1)C(=O)NO.CC(N)(CS(=O)(=O)c1ccc(Sc2ccccc2)cc1)C(=O)NO. The summed E-state index contributed by atoms with van der Waals surface area (Å²) >= 11 is 1.51. The fourth-order valence-electron chi connectivity index (χ4n) is 7.03. The Morgan fingerprint density at radius 2 is 0.759 bits per heavy atom. The fraction of sp³-hybridized carbons (Fsp3) is 0.236. The lowest BCUT2D eigenvalue weighted by Crippen LogP contribution is -2.60. The average Bonchev–Trinajstić information content (AvgIpc) is 3.55. The quantitative estimate of drug-likeness (QED) is 0.0363. The molecule has 3 unspecified atom stereocenters. The predicted octanol–water partition coefficient (Wildman–Crippen LogP) is 5.27. The Kier molecular flexibility index (Phi) is 23.4. The molecule has 6 rings (SSSR count). The molecule has 0 bridgehead atoms. The molecule has 0 aromatic heterocycles. The van der Waals surface area contributed by atoms with E-state index in [2.05, 4.69) is 16.0 Å². The van der Waals surface area contributed by atoms with E-state index in [1.54, 1.807) is 93.6 Å². The van der Waals surface area contributed by atoms with Crippen molar-refractivity contribution in [2.24, 2.45) is 11.5 Å². The van der Waals surface area contributed by atoms with Crippen LogP contribution in [0.3, 0.4) is 0 Å². The number of anilines is 2. The standard InChI is InChI=1S/C22H27N3O7S.C17H19N3O5S.C16H18N2O4S2/c1-21(2,3)32-20(28)24-22(4,19(27)25-29)14-33(30,31)17-12-10-16(11-13-17)23-18(26)15-8-6-5-7-9-15;1-17(18,16(22)20-23)11-26(24,25)14-9-7-13(8-10-14)19-15(21)12-5-3-2-4-6-12;1-16(17,15(19)18-20)11-24(21,22)14-9-7-13(8-10-14)23-12-5-3-2-4-6-12/h5-13,29H,14H2,1-4H3,(H,23,26)(H,24,28)(H,25,27);2-10,23H,11,18H2,1H3,(H,19,21)(H,20,22);2-10,20H,11,17H2,1H3,(H,18,19). The predicted molar refractivity (Wildman–Crippen MR) is 308 cm³/mol. The minimum Gasteiger partial charge on any atom is -0.444 e. The molecule has 0 spiro atoms. The summed E-state index contributed by atoms with van der Waals surface area (Å²) in [5.41, 5.74) is 10.7. The van der Waals surface area contributed by atoms with Crippen LogP contribution in [-0.4, -0.2) is 116 Å². The van der Waals surface area contributed by atoms with Gasteiger partial charge in [0, 0.05) is 32.3 Å². The lowest BCUT2D eigenvalue weighted by Gasteiger charge is -2.29. The van der Waals surface area contributed by atoms with Gasteiger partial charge in [-0.3, -0.25) is 39.6 Å². The number of alkyl carbamates (subject to hydrolysis) is 1. The summed E-state index contributed by atoms with van der Waals surface area (Å²) in [6.07, 6.45) is -1.03. The summed E-state index contributed by atoms with van der Waals surface area (Å²) in [4.78, 5) is 73.4. The number of hydroxylamine groups is 3. The van der Waals surface area contributed by atoms with E-state index < -0.39 is 92.8 Å². The molecule has 6 amide bonds. The normalized spacial score (nSPS) is 13.6. The number of nitrogens with two attached hydrogens (primary N) is 2. The van der Waals surface area contributed by atoms with Gasteiger partial charge in [0.05, 0.1) is 31.9 Å². The van der Waals surface area contributed by atoms with Crippen LogP contribution in [0, 0.1) is 0 Å². The van der Waals surface area contributed by atoms with Crippen LogP contribution < -0.4 is 43.9 Å². The maximum Gasteiger partial charge on any atom is 0.408 e. The number of carbonyl (C=O) groups excluding carboxylic acids is 6. The molecule has 13 N–H and O–H groups in total. The monoisotopic (exact) mass is 1220 g/mol. The van der Waals surface area contributed by atoms with Crippen LogP contribution in [0.4, 0.5) is 16.2 Å². The van der Waals surface area contributed by atoms with Crippen molar-refractivity contribution in [1.82, 2.24) is 21.8 Å². The first-order chi connectivity index (χ1) is 38.7. The van der Waals surface area contributed by atoms with Crippen LogP contribution in [0.15, 0.2) is 188 Å². The van der Waals surface area contributed by atoms with Crippen LogP contribution in [-0.2, 0) is 48.6 Å². The maximum atomic E-state index is 12.9. The summed E-state index contributed by atoms with van der Waals surface area (Å²) in [5.74, 6) is -5.95. The third-order valence-corrected chi connectivity index (χ3v) is 18.2. The zero-order valence-corrected chi connectivity index (χ0v) is 48.9. The maximum absolute atomic E-state index is 12.9. The molecule has 444 valence electrons. The van der Waals surface area contributed by atoms with Gasteiger partial charge in [-0.15, -0.1) is 0 Å². The molecule has 0 fully saturated rings. The van der Waals surface area contributed by atoms with Crippen LogP contribution in [0.5, 0.6) is 0 Å². The molecule has 0 saturated carbocycles. The summed E-state index contributed by atoms with van der Waals surface area (Å²) < 4.78 is 80.6. The minimum atomic E-state index is -4.11. The van der Waals surface area contributed by atoms with Crippen LogP contribution in [0.25, 0.3) is 0 Å². The van der Waals surface area contributed by atoms with Crippen molar-refractivity contribution >= 4 is 88.3 Å². The molecular weight excluding hydrogens is 1160 g/mol. The van der Waals surface area contributed by atoms with Gasteiger partial charge in [-0.05, 0) is 151 Å². The second kappa shape index (κ2) is 28.8. The van der Waals surface area contributed by atoms with E-state index in [1.165, 1.54) is 103 Å². The van der Waals surface area contributed by atoms with Crippen molar-refractivity contribution in [3.05, 3.63) is 175 Å². The Labute approximate surface area is 484 Å². The molecule has 0 radical (unpaired) electrons. The number of ether oxygens (including phenoxy) is 1. The van der Waals surface area contributed by atoms with Crippen molar-refractivity contribution in [1.29, 1.82) is 0 Å². The molecule has 83 heavy (non-hydrogen) atoms. The number of carbonyl (C=O) groups is 6. The summed E-state index contributed by atoms with van der Waals surface area (Å²) in [7, 11) is -11.8. The molecular formula is C55H64N8O16S4. The van der Waals surface area contributed by atoms with Crippen LogP contribution >= 0.6 is 11.8 Å². The second-order valence-corrected chi connectivity index (χ2v) is 27.1. The number of hydrogen-bond donors (Lipinski definition) is 11. The average molecular weight is 1220 g/mol. The third kappa shape index (κ3) is 20.7. The molecule has 6 aromatic carbocycles. The van der Waals surface area contributed by atoms with Gasteiger partial charge in [-0.2, -0.15) is 0 Å². The molecule has 0 saturated heterocycles. The van der Waals surface area contributed by atoms with Crippen molar-refractivity contribution in [2.45, 2.75) is 88.2 Å². The van der Waals surface area contributed by atoms with E-state index in [4.69, 9.17) is 31.8 Å². The number of benzene rings is 6. The number of sulfone groups is 3. The molecule has 3 atom stereocenters. The second-order valence-electron chi connectivity index (χ2n) is 20.0. The molecule has 0 aliphatic heterocycles. The first-order valence-electron chi connectivity index (χ1n) is 24.5. The van der Waals surface area contributed by atoms with Crippen molar-refractivity contribution in [3.63, 3.8) is 0 Å². The fourth-order valence-corrected chi connectivity index (χ4v) is 12.8. The first kappa shape index (κ1) is 67.4. The third-order valence-electron chi connectivity index (χ3n) is 11.3. The molecule has 0 aliphatic carbocycles. The number of hydrogen-bond acceptors (Lipinski definition) is 19. The summed E-state index contributed by atoms with van der Waals surface area (Å²) in [6, 6.07) is 43.9. The Bertz CT molecular complexity index is 3560. The smallest absolute Gasteiger partial charge is 0.408 e. The Morgan fingerprint density at radius 3 is 1.10 bits per heavy atom. The molecule has 0 heterocycles. The van der Waals surface area contributed by atoms with Crippen LogP contribution in [0.1, 0.15) is 62.3 Å². The molecule has 0 aliphatic rings. The first-order valence-corrected chi connectivity index (χ1v) is 30.3. The minimum absolute atomic E-state index is 0.0578. The van der Waals surface area contributed by atoms with E-state index in [9.17, 15) is 54.0 Å². The highest BCUT2D eigenvalue weighted by Crippen LogP contribution is 2.29. The highest BCUT2D eigenvalue weighted by molar-refractivity contribution is 7.99. The Balaban J connectivity index is 0.000000271. The molecule has 28 heteroatoms. The van der Waals surface area contributed by atoms with Crippen molar-refractivity contribution < 1.29 is 74.4 Å². The summed E-state index contributed by atoms with van der Waals surface area (Å²) in [5, 5.41) is 33.9. The van der Waals surface area contributed by atoms with Crippen molar-refractivity contribution in [3.8, 4) is 0 Å².